The first-order valence-electron chi connectivity index (χ1n) is 8.14. The molecule has 0 N–H and O–H groups in total. The van der Waals surface area contributed by atoms with E-state index in [2.05, 4.69) is 10.2 Å². The monoisotopic (exact) mass is 360 g/mol. The number of hydrogen-bond donors (Lipinski definition) is 0. The van der Waals surface area contributed by atoms with Crippen LogP contribution in [0.25, 0.3) is 16.3 Å². The van der Waals surface area contributed by atoms with Crippen LogP contribution in [0.5, 0.6) is 0 Å². The maximum absolute atomic E-state index is 5.36. The van der Waals surface area contributed by atoms with E-state index in [0.717, 1.165) is 16.3 Å². The minimum atomic E-state index is 0.695. The largest absolute Gasteiger partial charge is 0.463 e. The summed E-state index contributed by atoms with van der Waals surface area (Å²) in [5.74, 6) is 0.702. The Morgan fingerprint density at radius 1 is 0.962 bits per heavy atom. The van der Waals surface area contributed by atoms with Crippen molar-refractivity contribution >= 4 is 17.0 Å². The summed E-state index contributed by atoms with van der Waals surface area (Å²) in [6.07, 6.45) is 1.62. The van der Waals surface area contributed by atoms with Crippen LogP contribution < -0.4 is 4.80 Å². The topological polar surface area (TPSA) is 55.7 Å². The van der Waals surface area contributed by atoms with E-state index in [1.807, 2.05) is 84.4 Å². The number of rotatable bonds is 4. The second kappa shape index (κ2) is 7.33. The Balaban J connectivity index is 1.83. The Kier molecular flexibility index (Phi) is 4.57. The second-order valence-corrected chi connectivity index (χ2v) is 6.52. The van der Waals surface area contributed by atoms with Crippen molar-refractivity contribution in [1.82, 2.24) is 9.78 Å². The van der Waals surface area contributed by atoms with Crippen LogP contribution >= 0.6 is 11.3 Å². The van der Waals surface area contributed by atoms with E-state index >= 15 is 0 Å². The predicted molar refractivity (Wildman–Crippen MR) is 103 cm³/mol. The van der Waals surface area contributed by atoms with Gasteiger partial charge in [-0.2, -0.15) is 5.10 Å². The molecule has 0 fully saturated rings. The molecule has 2 heterocycles. The summed E-state index contributed by atoms with van der Waals surface area (Å²) in [5, 5.41) is 14.4. The zero-order valence-electron chi connectivity index (χ0n) is 14.1. The lowest BCUT2D eigenvalue weighted by Gasteiger charge is -1.99. The number of nitrogens with zero attached hydrogens (tertiary/aromatic N) is 4. The van der Waals surface area contributed by atoms with Gasteiger partial charge in [-0.1, -0.05) is 59.9 Å². The van der Waals surface area contributed by atoms with E-state index in [1.54, 1.807) is 6.26 Å². The third-order valence-corrected chi connectivity index (χ3v) is 4.69. The highest BCUT2D eigenvalue weighted by atomic mass is 32.1. The van der Waals surface area contributed by atoms with Crippen LogP contribution in [0.15, 0.2) is 93.7 Å². The average molecular weight is 360 g/mol. The van der Waals surface area contributed by atoms with Crippen molar-refractivity contribution in [2.75, 3.05) is 0 Å². The molecule has 4 rings (SSSR count). The van der Waals surface area contributed by atoms with Gasteiger partial charge >= 0.3 is 0 Å². The van der Waals surface area contributed by atoms with Gasteiger partial charge in [0.15, 0.2) is 0 Å². The Morgan fingerprint density at radius 3 is 2.38 bits per heavy atom. The normalized spacial score (nSPS) is 12.5. The molecule has 4 aromatic rings. The molecule has 0 saturated heterocycles. The summed E-state index contributed by atoms with van der Waals surface area (Å²) in [6.45, 7) is 1.87. The Morgan fingerprint density at radius 2 is 1.69 bits per heavy atom. The van der Waals surface area contributed by atoms with Gasteiger partial charge in [-0.05, 0) is 31.2 Å². The third kappa shape index (κ3) is 3.41. The fraction of sp³-hybridized carbons (Fsp3) is 0.0500. The molecule has 0 spiro atoms. The molecular formula is C20H16N4OS. The van der Waals surface area contributed by atoms with E-state index in [9.17, 15) is 0 Å². The van der Waals surface area contributed by atoms with Crippen LogP contribution in [0.3, 0.4) is 0 Å². The van der Waals surface area contributed by atoms with Crippen molar-refractivity contribution in [3.05, 3.63) is 89.6 Å². The van der Waals surface area contributed by atoms with E-state index in [0.29, 0.717) is 16.3 Å². The van der Waals surface area contributed by atoms with Crippen molar-refractivity contribution in [2.24, 2.45) is 10.2 Å². The molecule has 5 nitrogen and oxygen atoms in total. The molecule has 0 radical (unpaired) electrons. The van der Waals surface area contributed by atoms with Crippen LogP contribution in [0.2, 0.25) is 0 Å². The van der Waals surface area contributed by atoms with Crippen molar-refractivity contribution in [2.45, 2.75) is 6.92 Å². The SMILES string of the molecule is C/C(=N\N=c1\sc(-c2ccccc2)nn1-c1ccccc1)c1ccco1. The van der Waals surface area contributed by atoms with E-state index in [-0.39, 0.29) is 0 Å². The number of hydrogen-bond acceptors (Lipinski definition) is 5. The summed E-state index contributed by atoms with van der Waals surface area (Å²) in [7, 11) is 0. The van der Waals surface area contributed by atoms with Gasteiger partial charge in [0.25, 0.3) is 0 Å². The second-order valence-electron chi connectivity index (χ2n) is 5.57. The fourth-order valence-corrected chi connectivity index (χ4v) is 3.30. The van der Waals surface area contributed by atoms with Crippen molar-refractivity contribution in [1.29, 1.82) is 0 Å². The lowest BCUT2D eigenvalue weighted by Crippen LogP contribution is -2.14. The molecule has 2 aromatic heterocycles. The first-order chi connectivity index (χ1) is 12.8. The summed E-state index contributed by atoms with van der Waals surface area (Å²) in [6, 6.07) is 23.7. The van der Waals surface area contributed by atoms with Gasteiger partial charge in [0.1, 0.15) is 16.5 Å². The Hall–Kier alpha value is -3.25. The van der Waals surface area contributed by atoms with Crippen molar-refractivity contribution < 1.29 is 4.42 Å². The minimum absolute atomic E-state index is 0.695. The van der Waals surface area contributed by atoms with Crippen molar-refractivity contribution in [3.8, 4) is 16.3 Å². The molecule has 26 heavy (non-hydrogen) atoms. The zero-order valence-corrected chi connectivity index (χ0v) is 14.9. The fourth-order valence-electron chi connectivity index (χ4n) is 2.43. The average Bonchev–Trinajstić information content (AvgIpc) is 3.38. The standard InChI is InChI=1S/C20H16N4OS/c1-15(18-13-8-14-25-18)21-22-20-24(17-11-6-3-7-12-17)23-19(26-20)16-9-4-2-5-10-16/h2-14H,1H3/b21-15+,22-20+. The quantitative estimate of drug-likeness (QED) is 0.397. The highest BCUT2D eigenvalue weighted by molar-refractivity contribution is 7.12. The number of benzene rings is 2. The van der Waals surface area contributed by atoms with Gasteiger partial charge in [0.2, 0.25) is 4.80 Å². The van der Waals surface area contributed by atoms with Crippen molar-refractivity contribution in [3.63, 3.8) is 0 Å². The summed E-state index contributed by atoms with van der Waals surface area (Å²) in [4.78, 5) is 0.695. The molecule has 0 aliphatic carbocycles. The molecule has 0 bridgehead atoms. The maximum Gasteiger partial charge on any atom is 0.233 e. The lowest BCUT2D eigenvalue weighted by atomic mass is 10.2. The molecule has 128 valence electrons. The maximum atomic E-state index is 5.36. The van der Waals surface area contributed by atoms with Gasteiger partial charge in [-0.25, -0.2) is 4.68 Å². The molecule has 0 aliphatic rings. The van der Waals surface area contributed by atoms with Crippen LogP contribution in [-0.4, -0.2) is 15.5 Å². The molecule has 0 amide bonds. The molecule has 2 aromatic carbocycles. The van der Waals surface area contributed by atoms with Crippen LogP contribution in [0, 0.1) is 0 Å². The highest BCUT2D eigenvalue weighted by Crippen LogP contribution is 2.20. The van der Waals surface area contributed by atoms with Gasteiger partial charge in [-0.3, -0.25) is 0 Å². The molecule has 0 saturated carbocycles. The molecule has 0 unspecified atom stereocenters. The number of para-hydroxylation sites is 1. The van der Waals surface area contributed by atoms with E-state index < -0.39 is 0 Å². The number of aromatic nitrogens is 2. The molecule has 6 heteroatoms. The Bertz CT molecular complexity index is 1080. The van der Waals surface area contributed by atoms with Gasteiger partial charge in [0, 0.05) is 5.56 Å². The van der Waals surface area contributed by atoms with E-state index in [4.69, 9.17) is 9.52 Å². The van der Waals surface area contributed by atoms with Gasteiger partial charge in [0.05, 0.1) is 12.0 Å². The summed E-state index contributed by atoms with van der Waals surface area (Å²) < 4.78 is 7.17. The van der Waals surface area contributed by atoms with Crippen LogP contribution in [0.4, 0.5) is 0 Å². The first kappa shape index (κ1) is 16.2. The van der Waals surface area contributed by atoms with Crippen LogP contribution in [-0.2, 0) is 0 Å². The Labute approximate surface area is 154 Å². The smallest absolute Gasteiger partial charge is 0.233 e. The summed E-state index contributed by atoms with van der Waals surface area (Å²) in [5.41, 5.74) is 2.70. The number of furan rings is 1. The molecule has 0 atom stereocenters. The predicted octanol–water partition coefficient (Wildman–Crippen LogP) is 4.52. The van der Waals surface area contributed by atoms with Gasteiger partial charge in [-0.15, -0.1) is 10.2 Å². The third-order valence-electron chi connectivity index (χ3n) is 3.74. The highest BCUT2D eigenvalue weighted by Gasteiger charge is 2.09. The lowest BCUT2D eigenvalue weighted by molar-refractivity contribution is 0.557. The molecule has 0 aliphatic heterocycles. The van der Waals surface area contributed by atoms with Gasteiger partial charge < -0.3 is 4.42 Å². The molecular weight excluding hydrogens is 344 g/mol. The minimum Gasteiger partial charge on any atom is -0.463 e. The van der Waals surface area contributed by atoms with E-state index in [1.165, 1.54) is 11.3 Å². The summed E-state index contributed by atoms with van der Waals surface area (Å²) >= 11 is 1.49. The van der Waals surface area contributed by atoms with Crippen LogP contribution in [0.1, 0.15) is 12.7 Å². The zero-order chi connectivity index (χ0) is 17.8. The first-order valence-corrected chi connectivity index (χ1v) is 8.96.